The second kappa shape index (κ2) is 5.14. The van der Waals surface area contributed by atoms with E-state index in [0.717, 1.165) is 17.8 Å². The first-order valence-electron chi connectivity index (χ1n) is 5.03. The van der Waals surface area contributed by atoms with Crippen LogP contribution in [-0.2, 0) is 0 Å². The van der Waals surface area contributed by atoms with Crippen LogP contribution in [0.15, 0.2) is 29.4 Å². The Morgan fingerprint density at radius 1 is 1.50 bits per heavy atom. The molecule has 0 fully saturated rings. The summed E-state index contributed by atoms with van der Waals surface area (Å²) >= 11 is 1.53. The molecule has 0 radical (unpaired) electrons. The number of nitrogens with zero attached hydrogens (tertiary/aromatic N) is 2. The van der Waals surface area contributed by atoms with E-state index in [1.165, 1.54) is 23.6 Å². The maximum atomic E-state index is 13.1. The normalized spacial score (nSPS) is 12.6. The van der Waals surface area contributed by atoms with Gasteiger partial charge in [0.05, 0.1) is 23.4 Å². The van der Waals surface area contributed by atoms with E-state index in [1.54, 1.807) is 11.7 Å². The minimum Gasteiger partial charge on any atom is -0.305 e. The Hall–Kier alpha value is -1.33. The van der Waals surface area contributed by atoms with Gasteiger partial charge in [-0.05, 0) is 18.2 Å². The topological polar surface area (TPSA) is 37.8 Å². The van der Waals surface area contributed by atoms with Crippen molar-refractivity contribution in [2.24, 2.45) is 0 Å². The van der Waals surface area contributed by atoms with Crippen LogP contribution in [0, 0.1) is 5.82 Å². The molecule has 0 amide bonds. The maximum absolute atomic E-state index is 13.1. The third kappa shape index (κ3) is 2.43. The molecule has 3 nitrogen and oxygen atoms in total. The molecule has 0 aromatic carbocycles. The first-order chi connectivity index (χ1) is 7.81. The molecule has 5 heteroatoms. The lowest BCUT2D eigenvalue weighted by atomic mass is 10.1. The number of rotatable bonds is 4. The van der Waals surface area contributed by atoms with Crippen LogP contribution in [0.4, 0.5) is 4.39 Å². The molecule has 0 saturated carbocycles. The summed E-state index contributed by atoms with van der Waals surface area (Å²) < 4.78 is 13.1. The molecule has 0 aliphatic rings. The van der Waals surface area contributed by atoms with Crippen molar-refractivity contribution in [1.82, 2.24) is 15.3 Å². The zero-order chi connectivity index (χ0) is 11.4. The predicted octanol–water partition coefficient (Wildman–Crippen LogP) is 2.38. The molecular formula is C11H12FN3S. The summed E-state index contributed by atoms with van der Waals surface area (Å²) in [6.07, 6.45) is 2.86. The first kappa shape index (κ1) is 11.2. The number of thiazole rings is 1. The van der Waals surface area contributed by atoms with Crippen molar-refractivity contribution < 1.29 is 4.39 Å². The zero-order valence-corrected chi connectivity index (χ0v) is 9.67. The van der Waals surface area contributed by atoms with Crippen LogP contribution in [0.3, 0.4) is 0 Å². The number of nitrogens with one attached hydrogen (secondary N) is 1. The van der Waals surface area contributed by atoms with E-state index < -0.39 is 0 Å². The molecule has 1 unspecified atom stereocenters. The number of hydrogen-bond acceptors (Lipinski definition) is 4. The molecule has 16 heavy (non-hydrogen) atoms. The molecule has 0 bridgehead atoms. The minimum absolute atomic E-state index is 0.0838. The van der Waals surface area contributed by atoms with Crippen molar-refractivity contribution in [3.05, 3.63) is 46.4 Å². The van der Waals surface area contributed by atoms with Gasteiger partial charge in [0.2, 0.25) is 0 Å². The van der Waals surface area contributed by atoms with Gasteiger partial charge in [-0.3, -0.25) is 4.98 Å². The summed E-state index contributed by atoms with van der Waals surface area (Å²) in [6.45, 7) is 2.80. The highest BCUT2D eigenvalue weighted by atomic mass is 32.1. The van der Waals surface area contributed by atoms with Gasteiger partial charge in [-0.1, -0.05) is 6.92 Å². The van der Waals surface area contributed by atoms with E-state index in [9.17, 15) is 4.39 Å². The zero-order valence-electron chi connectivity index (χ0n) is 8.85. The highest BCUT2D eigenvalue weighted by Crippen LogP contribution is 2.21. The van der Waals surface area contributed by atoms with E-state index >= 15 is 0 Å². The Morgan fingerprint density at radius 2 is 2.38 bits per heavy atom. The van der Waals surface area contributed by atoms with Gasteiger partial charge in [0.15, 0.2) is 0 Å². The summed E-state index contributed by atoms with van der Waals surface area (Å²) in [5.41, 5.74) is 3.47. The van der Waals surface area contributed by atoms with E-state index in [1.807, 2.05) is 12.3 Å². The van der Waals surface area contributed by atoms with Crippen LogP contribution in [0.25, 0.3) is 0 Å². The Balaban J connectivity index is 2.33. The number of hydrogen-bond donors (Lipinski definition) is 1. The molecular weight excluding hydrogens is 225 g/mol. The monoisotopic (exact) mass is 237 g/mol. The van der Waals surface area contributed by atoms with Crippen molar-refractivity contribution in [3.63, 3.8) is 0 Å². The lowest BCUT2D eigenvalue weighted by molar-refractivity contribution is 0.590. The highest BCUT2D eigenvalue weighted by Gasteiger charge is 2.15. The van der Waals surface area contributed by atoms with Gasteiger partial charge in [-0.15, -0.1) is 11.3 Å². The summed E-state index contributed by atoms with van der Waals surface area (Å²) in [5, 5.41) is 5.22. The molecule has 0 aliphatic carbocycles. The third-order valence-corrected chi connectivity index (χ3v) is 2.82. The van der Waals surface area contributed by atoms with Crippen molar-refractivity contribution in [2.45, 2.75) is 13.0 Å². The summed E-state index contributed by atoms with van der Waals surface area (Å²) in [5.74, 6) is -0.323. The minimum atomic E-state index is -0.323. The largest absolute Gasteiger partial charge is 0.305 e. The second-order valence-corrected chi connectivity index (χ2v) is 4.06. The molecule has 2 aromatic heterocycles. The van der Waals surface area contributed by atoms with E-state index in [4.69, 9.17) is 0 Å². The van der Waals surface area contributed by atoms with Crippen molar-refractivity contribution in [2.75, 3.05) is 6.54 Å². The Morgan fingerprint density at radius 3 is 3.00 bits per heavy atom. The number of halogens is 1. The molecule has 0 spiro atoms. The fourth-order valence-electron chi connectivity index (χ4n) is 1.55. The fraction of sp³-hybridized carbons (Fsp3) is 0.273. The summed E-state index contributed by atoms with van der Waals surface area (Å²) in [6, 6.07) is 1.40. The summed E-state index contributed by atoms with van der Waals surface area (Å²) in [7, 11) is 0. The SMILES string of the molecule is CCNC(c1cncc(F)c1)c1cscn1. The van der Waals surface area contributed by atoms with Gasteiger partial charge in [-0.25, -0.2) is 9.37 Å². The van der Waals surface area contributed by atoms with E-state index in [2.05, 4.69) is 15.3 Å². The van der Waals surface area contributed by atoms with Crippen LogP contribution in [0.2, 0.25) is 0 Å². The lowest BCUT2D eigenvalue weighted by Crippen LogP contribution is -2.22. The van der Waals surface area contributed by atoms with Gasteiger partial charge < -0.3 is 5.32 Å². The summed E-state index contributed by atoms with van der Waals surface area (Å²) in [4.78, 5) is 8.10. The average molecular weight is 237 g/mol. The van der Waals surface area contributed by atoms with Gasteiger partial charge in [0.25, 0.3) is 0 Å². The molecule has 1 N–H and O–H groups in total. The fourth-order valence-corrected chi connectivity index (χ4v) is 2.13. The molecule has 0 saturated heterocycles. The molecule has 2 aromatic rings. The second-order valence-electron chi connectivity index (χ2n) is 3.34. The number of aromatic nitrogens is 2. The quantitative estimate of drug-likeness (QED) is 0.887. The van der Waals surface area contributed by atoms with Crippen LogP contribution in [0.5, 0.6) is 0 Å². The van der Waals surface area contributed by atoms with Crippen molar-refractivity contribution in [3.8, 4) is 0 Å². The lowest BCUT2D eigenvalue weighted by Gasteiger charge is -2.15. The van der Waals surface area contributed by atoms with E-state index in [0.29, 0.717) is 0 Å². The molecule has 0 aliphatic heterocycles. The number of pyridine rings is 1. The Kier molecular flexibility index (Phi) is 3.58. The molecule has 2 heterocycles. The van der Waals surface area contributed by atoms with Gasteiger partial charge >= 0.3 is 0 Å². The standard InChI is InChI=1S/C11H12FN3S/c1-2-14-11(10-6-16-7-15-10)8-3-9(12)5-13-4-8/h3-7,11,14H,2H2,1H3. The smallest absolute Gasteiger partial charge is 0.141 e. The Bertz CT molecular complexity index is 444. The van der Waals surface area contributed by atoms with Crippen molar-refractivity contribution in [1.29, 1.82) is 0 Å². The van der Waals surface area contributed by atoms with Crippen LogP contribution >= 0.6 is 11.3 Å². The van der Waals surface area contributed by atoms with Crippen LogP contribution in [-0.4, -0.2) is 16.5 Å². The Labute approximate surface area is 97.4 Å². The van der Waals surface area contributed by atoms with Gasteiger partial charge in [0.1, 0.15) is 5.82 Å². The first-order valence-corrected chi connectivity index (χ1v) is 5.97. The molecule has 1 atom stereocenters. The molecule has 2 rings (SSSR count). The maximum Gasteiger partial charge on any atom is 0.141 e. The van der Waals surface area contributed by atoms with Crippen LogP contribution in [0.1, 0.15) is 24.2 Å². The van der Waals surface area contributed by atoms with E-state index in [-0.39, 0.29) is 11.9 Å². The highest BCUT2D eigenvalue weighted by molar-refractivity contribution is 7.07. The predicted molar refractivity (Wildman–Crippen MR) is 61.8 cm³/mol. The van der Waals surface area contributed by atoms with Gasteiger partial charge in [-0.2, -0.15) is 0 Å². The average Bonchev–Trinajstić information content (AvgIpc) is 2.79. The van der Waals surface area contributed by atoms with Crippen LogP contribution < -0.4 is 5.32 Å². The molecule has 84 valence electrons. The van der Waals surface area contributed by atoms with Crippen molar-refractivity contribution >= 4 is 11.3 Å². The van der Waals surface area contributed by atoms with Gasteiger partial charge in [0, 0.05) is 11.6 Å². The third-order valence-electron chi connectivity index (χ3n) is 2.21.